The van der Waals surface area contributed by atoms with Gasteiger partial charge in [0.2, 0.25) is 0 Å². The quantitative estimate of drug-likeness (QED) is 0.643. The number of rotatable bonds is 8. The van der Waals surface area contributed by atoms with Crippen LogP contribution >= 0.6 is 27.5 Å². The molecule has 1 amide bonds. The van der Waals surface area contributed by atoms with Gasteiger partial charge in [-0.2, -0.15) is 0 Å². The summed E-state index contributed by atoms with van der Waals surface area (Å²) in [6, 6.07) is 5.79. The molecule has 1 rings (SSSR count). The Balaban J connectivity index is 2.48. The van der Waals surface area contributed by atoms with Gasteiger partial charge in [-0.3, -0.25) is 0 Å². The van der Waals surface area contributed by atoms with Crippen LogP contribution in [0.2, 0.25) is 5.02 Å². The van der Waals surface area contributed by atoms with Gasteiger partial charge in [-0.05, 0) is 38.5 Å². The topological polar surface area (TPSA) is 50.8 Å². The van der Waals surface area contributed by atoms with E-state index in [1.165, 1.54) is 0 Å². The molecule has 0 heterocycles. The Morgan fingerprint density at radius 2 is 2.04 bits per heavy atom. The van der Waals surface area contributed by atoms with E-state index in [0.717, 1.165) is 10.0 Å². The van der Waals surface area contributed by atoms with E-state index < -0.39 is 5.60 Å². The van der Waals surface area contributed by atoms with Crippen molar-refractivity contribution in [2.24, 2.45) is 0 Å². The highest BCUT2D eigenvalue weighted by molar-refractivity contribution is 9.10. The zero-order valence-electron chi connectivity index (χ0n) is 14.7. The van der Waals surface area contributed by atoms with Gasteiger partial charge in [0.1, 0.15) is 5.60 Å². The van der Waals surface area contributed by atoms with Gasteiger partial charge in [0.15, 0.2) is 0 Å². The molecule has 0 fully saturated rings. The predicted octanol–water partition coefficient (Wildman–Crippen LogP) is 4.08. The second kappa shape index (κ2) is 10.2. The Morgan fingerprint density at radius 3 is 2.62 bits per heavy atom. The summed E-state index contributed by atoms with van der Waals surface area (Å²) in [7, 11) is 1.61. The van der Waals surface area contributed by atoms with E-state index in [4.69, 9.17) is 21.1 Å². The Bertz CT molecular complexity index is 535. The number of benzene rings is 1. The minimum absolute atomic E-state index is 0.331. The van der Waals surface area contributed by atoms with Crippen molar-refractivity contribution in [3.05, 3.63) is 33.3 Å². The molecule has 1 N–H and O–H groups in total. The van der Waals surface area contributed by atoms with Crippen LogP contribution in [-0.2, 0) is 16.0 Å². The molecule has 5 nitrogen and oxygen atoms in total. The summed E-state index contributed by atoms with van der Waals surface area (Å²) in [6.45, 7) is 8.33. The van der Waals surface area contributed by atoms with Crippen LogP contribution in [0.4, 0.5) is 4.79 Å². The summed E-state index contributed by atoms with van der Waals surface area (Å²) in [4.78, 5) is 13.9. The first-order chi connectivity index (χ1) is 11.2. The van der Waals surface area contributed by atoms with Crippen molar-refractivity contribution < 1.29 is 14.3 Å². The molecule has 0 aliphatic rings. The smallest absolute Gasteiger partial charge is 0.410 e. The van der Waals surface area contributed by atoms with Crippen LogP contribution in [-0.4, -0.2) is 49.9 Å². The van der Waals surface area contributed by atoms with Crippen molar-refractivity contribution >= 4 is 33.6 Å². The lowest BCUT2D eigenvalue weighted by molar-refractivity contribution is 0.0204. The normalized spacial score (nSPS) is 11.4. The molecule has 0 spiro atoms. The summed E-state index contributed by atoms with van der Waals surface area (Å²) < 4.78 is 11.4. The molecule has 0 atom stereocenters. The van der Waals surface area contributed by atoms with Crippen molar-refractivity contribution in [3.8, 4) is 0 Å². The molecule has 0 aliphatic carbocycles. The van der Waals surface area contributed by atoms with Gasteiger partial charge in [-0.15, -0.1) is 0 Å². The Kier molecular flexibility index (Phi) is 9.05. The van der Waals surface area contributed by atoms with Crippen molar-refractivity contribution in [1.29, 1.82) is 0 Å². The molecule has 0 saturated heterocycles. The number of nitrogens with zero attached hydrogens (tertiary/aromatic N) is 1. The van der Waals surface area contributed by atoms with Crippen LogP contribution in [0.1, 0.15) is 26.3 Å². The minimum atomic E-state index is -0.513. The fourth-order valence-electron chi connectivity index (χ4n) is 1.92. The number of carbonyl (C=O) groups excluding carboxylic acids is 1. The summed E-state index contributed by atoms with van der Waals surface area (Å²) in [5.74, 6) is 0. The molecule has 136 valence electrons. The fourth-order valence-corrected chi connectivity index (χ4v) is 2.66. The van der Waals surface area contributed by atoms with E-state index in [1.807, 2.05) is 39.0 Å². The van der Waals surface area contributed by atoms with Gasteiger partial charge in [-0.1, -0.05) is 33.6 Å². The van der Waals surface area contributed by atoms with E-state index in [0.29, 0.717) is 37.8 Å². The van der Waals surface area contributed by atoms with Crippen molar-refractivity contribution in [1.82, 2.24) is 10.2 Å². The molecule has 24 heavy (non-hydrogen) atoms. The number of amides is 1. The monoisotopic (exact) mass is 420 g/mol. The number of methoxy groups -OCH3 is 1. The van der Waals surface area contributed by atoms with Gasteiger partial charge in [0, 0.05) is 42.8 Å². The van der Waals surface area contributed by atoms with Crippen LogP contribution in [0.15, 0.2) is 22.7 Å². The van der Waals surface area contributed by atoms with E-state index in [9.17, 15) is 4.79 Å². The standard InChI is InChI=1S/C17H26BrClN2O3/c1-17(2,3)24-16(22)21(9-10-23-4)8-7-20-12-13-5-6-14(18)11-15(13)19/h5-6,11,20H,7-10,12H2,1-4H3. The lowest BCUT2D eigenvalue weighted by atomic mass is 10.2. The number of hydrogen-bond donors (Lipinski definition) is 1. The predicted molar refractivity (Wildman–Crippen MR) is 101 cm³/mol. The zero-order chi connectivity index (χ0) is 18.2. The lowest BCUT2D eigenvalue weighted by Crippen LogP contribution is -2.42. The van der Waals surface area contributed by atoms with Crippen LogP contribution in [0, 0.1) is 0 Å². The third kappa shape index (κ3) is 8.33. The Labute approximate surface area is 157 Å². The van der Waals surface area contributed by atoms with Crippen LogP contribution in [0.3, 0.4) is 0 Å². The van der Waals surface area contributed by atoms with E-state index in [-0.39, 0.29) is 6.09 Å². The average Bonchev–Trinajstić information content (AvgIpc) is 2.46. The largest absolute Gasteiger partial charge is 0.444 e. The minimum Gasteiger partial charge on any atom is -0.444 e. The summed E-state index contributed by atoms with van der Waals surface area (Å²) in [5, 5.41) is 4.01. The summed E-state index contributed by atoms with van der Waals surface area (Å²) >= 11 is 9.58. The Hall–Kier alpha value is -0.820. The SMILES string of the molecule is COCCN(CCNCc1ccc(Br)cc1Cl)C(=O)OC(C)(C)C. The highest BCUT2D eigenvalue weighted by Gasteiger charge is 2.21. The van der Waals surface area contributed by atoms with E-state index in [2.05, 4.69) is 21.2 Å². The number of hydrogen-bond acceptors (Lipinski definition) is 4. The maximum absolute atomic E-state index is 12.2. The Morgan fingerprint density at radius 1 is 1.33 bits per heavy atom. The molecular formula is C17H26BrClN2O3. The molecule has 0 radical (unpaired) electrons. The molecule has 1 aromatic carbocycles. The second-order valence-corrected chi connectivity index (χ2v) is 7.70. The van der Waals surface area contributed by atoms with Crippen LogP contribution in [0.5, 0.6) is 0 Å². The van der Waals surface area contributed by atoms with Gasteiger partial charge in [-0.25, -0.2) is 4.79 Å². The zero-order valence-corrected chi connectivity index (χ0v) is 17.0. The van der Waals surface area contributed by atoms with Gasteiger partial charge >= 0.3 is 6.09 Å². The average molecular weight is 422 g/mol. The number of ether oxygens (including phenoxy) is 2. The first kappa shape index (κ1) is 21.2. The third-order valence-electron chi connectivity index (χ3n) is 3.11. The van der Waals surface area contributed by atoms with E-state index in [1.54, 1.807) is 12.0 Å². The molecule has 0 saturated carbocycles. The molecule has 1 aromatic rings. The first-order valence-electron chi connectivity index (χ1n) is 7.84. The van der Waals surface area contributed by atoms with Crippen molar-refractivity contribution in [2.45, 2.75) is 32.9 Å². The lowest BCUT2D eigenvalue weighted by Gasteiger charge is -2.27. The summed E-state index contributed by atoms with van der Waals surface area (Å²) in [6.07, 6.45) is -0.331. The van der Waals surface area contributed by atoms with Crippen LogP contribution in [0.25, 0.3) is 0 Å². The number of carbonyl (C=O) groups is 1. The third-order valence-corrected chi connectivity index (χ3v) is 3.95. The van der Waals surface area contributed by atoms with Gasteiger partial charge in [0.05, 0.1) is 6.61 Å². The van der Waals surface area contributed by atoms with Crippen LogP contribution < -0.4 is 5.32 Å². The molecular weight excluding hydrogens is 396 g/mol. The fraction of sp³-hybridized carbons (Fsp3) is 0.588. The maximum atomic E-state index is 12.2. The van der Waals surface area contributed by atoms with Gasteiger partial charge in [0.25, 0.3) is 0 Å². The molecule has 0 aliphatic heterocycles. The molecule has 7 heteroatoms. The number of halogens is 2. The number of nitrogens with one attached hydrogen (secondary N) is 1. The highest BCUT2D eigenvalue weighted by atomic mass is 79.9. The second-order valence-electron chi connectivity index (χ2n) is 6.37. The van der Waals surface area contributed by atoms with Gasteiger partial charge < -0.3 is 19.7 Å². The molecule has 0 aromatic heterocycles. The van der Waals surface area contributed by atoms with Crippen molar-refractivity contribution in [2.75, 3.05) is 33.4 Å². The molecule has 0 unspecified atom stereocenters. The molecule has 0 bridgehead atoms. The maximum Gasteiger partial charge on any atom is 0.410 e. The first-order valence-corrected chi connectivity index (χ1v) is 9.01. The van der Waals surface area contributed by atoms with Crippen molar-refractivity contribution in [3.63, 3.8) is 0 Å². The van der Waals surface area contributed by atoms with E-state index >= 15 is 0 Å². The highest BCUT2D eigenvalue weighted by Crippen LogP contribution is 2.21. The summed E-state index contributed by atoms with van der Waals surface area (Å²) in [5.41, 5.74) is 0.501.